The number of aromatic amines is 1. The highest BCUT2D eigenvalue weighted by Gasteiger charge is 2.14. The summed E-state index contributed by atoms with van der Waals surface area (Å²) in [5.41, 5.74) is 0.278. The van der Waals surface area contributed by atoms with Gasteiger partial charge in [0.2, 0.25) is 5.56 Å². The first-order chi connectivity index (χ1) is 8.75. The molecule has 2 heterocycles. The molecule has 1 aliphatic heterocycles. The summed E-state index contributed by atoms with van der Waals surface area (Å²) in [7, 11) is 0. The number of nitrogens with one attached hydrogen (secondary N) is 2. The molecule has 1 atom stereocenters. The van der Waals surface area contributed by atoms with Gasteiger partial charge in [0.25, 0.3) is 5.91 Å². The van der Waals surface area contributed by atoms with Gasteiger partial charge in [-0.1, -0.05) is 0 Å². The number of carbonyl (C=O) groups is 1. The molecule has 1 aliphatic rings. The van der Waals surface area contributed by atoms with Gasteiger partial charge in [-0.3, -0.25) is 9.59 Å². The van der Waals surface area contributed by atoms with Gasteiger partial charge in [0.05, 0.1) is 5.56 Å². The zero-order valence-electron chi connectivity index (χ0n) is 10.3. The van der Waals surface area contributed by atoms with E-state index in [2.05, 4.69) is 10.3 Å². The summed E-state index contributed by atoms with van der Waals surface area (Å²) in [6, 6.07) is 2.88. The molecule has 0 radical (unpaired) electrons. The molecule has 1 aromatic heterocycles. The standard InChI is InChI=1S/C13H18N2O3/c16-12-4-3-11(8-15-12)13(17)14-6-5-10-2-1-7-18-9-10/h3-4,8,10H,1-2,5-7,9H2,(H,14,17)(H,15,16). The fourth-order valence-corrected chi connectivity index (χ4v) is 2.08. The van der Waals surface area contributed by atoms with E-state index in [4.69, 9.17) is 4.74 Å². The average Bonchev–Trinajstić information content (AvgIpc) is 2.40. The summed E-state index contributed by atoms with van der Waals surface area (Å²) in [4.78, 5) is 25.1. The molecule has 1 saturated heterocycles. The zero-order valence-corrected chi connectivity index (χ0v) is 10.3. The van der Waals surface area contributed by atoms with Crippen molar-refractivity contribution in [3.8, 4) is 0 Å². The molecule has 0 bridgehead atoms. The van der Waals surface area contributed by atoms with Crippen molar-refractivity contribution in [3.05, 3.63) is 34.2 Å². The van der Waals surface area contributed by atoms with Crippen LogP contribution in [0.3, 0.4) is 0 Å². The monoisotopic (exact) mass is 250 g/mol. The number of H-pyrrole nitrogens is 1. The van der Waals surface area contributed by atoms with Gasteiger partial charge in [0, 0.05) is 32.0 Å². The molecule has 1 aromatic rings. The van der Waals surface area contributed by atoms with Crippen LogP contribution in [0.4, 0.5) is 0 Å². The Balaban J connectivity index is 1.74. The van der Waals surface area contributed by atoms with E-state index in [9.17, 15) is 9.59 Å². The second-order valence-corrected chi connectivity index (χ2v) is 4.57. The third-order valence-corrected chi connectivity index (χ3v) is 3.14. The van der Waals surface area contributed by atoms with E-state index in [-0.39, 0.29) is 11.5 Å². The first-order valence-electron chi connectivity index (χ1n) is 6.30. The second-order valence-electron chi connectivity index (χ2n) is 4.57. The van der Waals surface area contributed by atoms with E-state index in [1.165, 1.54) is 24.8 Å². The predicted molar refractivity (Wildman–Crippen MR) is 67.6 cm³/mol. The maximum atomic E-state index is 11.7. The van der Waals surface area contributed by atoms with Crippen molar-refractivity contribution < 1.29 is 9.53 Å². The number of hydrogen-bond acceptors (Lipinski definition) is 3. The summed E-state index contributed by atoms with van der Waals surface area (Å²) in [5.74, 6) is 0.401. The third-order valence-electron chi connectivity index (χ3n) is 3.14. The molecule has 0 aliphatic carbocycles. The van der Waals surface area contributed by atoms with Crippen LogP contribution in [0.1, 0.15) is 29.6 Å². The van der Waals surface area contributed by atoms with E-state index in [1.807, 2.05) is 0 Å². The Labute approximate surface area is 106 Å². The number of rotatable bonds is 4. The van der Waals surface area contributed by atoms with Crippen LogP contribution in [0, 0.1) is 5.92 Å². The molecule has 0 saturated carbocycles. The Hall–Kier alpha value is -1.62. The van der Waals surface area contributed by atoms with Crippen LogP contribution in [-0.2, 0) is 4.74 Å². The lowest BCUT2D eigenvalue weighted by atomic mass is 9.99. The number of aromatic nitrogens is 1. The normalized spacial score (nSPS) is 19.4. The Morgan fingerprint density at radius 2 is 2.39 bits per heavy atom. The van der Waals surface area contributed by atoms with Crippen molar-refractivity contribution in [3.63, 3.8) is 0 Å². The molecule has 1 fully saturated rings. The molecular formula is C13H18N2O3. The topological polar surface area (TPSA) is 71.2 Å². The van der Waals surface area contributed by atoms with Crippen molar-refractivity contribution in [2.75, 3.05) is 19.8 Å². The Morgan fingerprint density at radius 1 is 1.50 bits per heavy atom. The van der Waals surface area contributed by atoms with Crippen molar-refractivity contribution in [1.82, 2.24) is 10.3 Å². The van der Waals surface area contributed by atoms with Gasteiger partial charge in [-0.15, -0.1) is 0 Å². The molecular weight excluding hydrogens is 232 g/mol. The molecule has 5 heteroatoms. The fourth-order valence-electron chi connectivity index (χ4n) is 2.08. The van der Waals surface area contributed by atoms with Crippen molar-refractivity contribution >= 4 is 5.91 Å². The van der Waals surface area contributed by atoms with Gasteiger partial charge in [-0.2, -0.15) is 0 Å². The number of hydrogen-bond donors (Lipinski definition) is 2. The summed E-state index contributed by atoms with van der Waals surface area (Å²) in [5, 5.41) is 2.85. The summed E-state index contributed by atoms with van der Waals surface area (Å²) in [6.45, 7) is 2.31. The molecule has 5 nitrogen and oxygen atoms in total. The molecule has 18 heavy (non-hydrogen) atoms. The molecule has 98 valence electrons. The Bertz CT molecular complexity index is 429. The Kier molecular flexibility index (Phi) is 4.52. The number of carbonyl (C=O) groups excluding carboxylic acids is 1. The van der Waals surface area contributed by atoms with E-state index >= 15 is 0 Å². The maximum Gasteiger partial charge on any atom is 0.252 e. The smallest absolute Gasteiger partial charge is 0.252 e. The summed E-state index contributed by atoms with van der Waals surface area (Å²) in [6.07, 6.45) is 4.66. The highest BCUT2D eigenvalue weighted by atomic mass is 16.5. The lowest BCUT2D eigenvalue weighted by Crippen LogP contribution is -2.28. The number of amides is 1. The molecule has 2 N–H and O–H groups in total. The molecule has 0 spiro atoms. The van der Waals surface area contributed by atoms with Crippen molar-refractivity contribution in [2.24, 2.45) is 5.92 Å². The average molecular weight is 250 g/mol. The summed E-state index contributed by atoms with van der Waals surface area (Å²) < 4.78 is 5.38. The minimum absolute atomic E-state index is 0.150. The largest absolute Gasteiger partial charge is 0.381 e. The van der Waals surface area contributed by atoms with Crippen LogP contribution >= 0.6 is 0 Å². The van der Waals surface area contributed by atoms with Gasteiger partial charge < -0.3 is 15.0 Å². The molecule has 2 rings (SSSR count). The third kappa shape index (κ3) is 3.70. The first kappa shape index (κ1) is 12.8. The minimum atomic E-state index is -0.203. The number of ether oxygens (including phenoxy) is 1. The van der Waals surface area contributed by atoms with Gasteiger partial charge >= 0.3 is 0 Å². The first-order valence-corrected chi connectivity index (χ1v) is 6.30. The molecule has 1 amide bonds. The fraction of sp³-hybridized carbons (Fsp3) is 0.538. The van der Waals surface area contributed by atoms with E-state index in [0.717, 1.165) is 26.1 Å². The van der Waals surface area contributed by atoms with Gasteiger partial charge in [-0.05, 0) is 31.2 Å². The molecule has 1 unspecified atom stereocenters. The van der Waals surface area contributed by atoms with Crippen LogP contribution in [-0.4, -0.2) is 30.6 Å². The van der Waals surface area contributed by atoms with Crippen LogP contribution in [0.5, 0.6) is 0 Å². The minimum Gasteiger partial charge on any atom is -0.381 e. The van der Waals surface area contributed by atoms with Gasteiger partial charge in [-0.25, -0.2) is 0 Å². The van der Waals surface area contributed by atoms with Crippen LogP contribution < -0.4 is 10.9 Å². The van der Waals surface area contributed by atoms with E-state index < -0.39 is 0 Å². The van der Waals surface area contributed by atoms with Gasteiger partial charge in [0.15, 0.2) is 0 Å². The van der Waals surface area contributed by atoms with Crippen LogP contribution in [0.25, 0.3) is 0 Å². The quantitative estimate of drug-likeness (QED) is 0.834. The summed E-state index contributed by atoms with van der Waals surface area (Å²) >= 11 is 0. The van der Waals surface area contributed by atoms with E-state index in [1.54, 1.807) is 0 Å². The predicted octanol–water partition coefficient (Wildman–Crippen LogP) is 0.921. The highest BCUT2D eigenvalue weighted by molar-refractivity contribution is 5.93. The second kappa shape index (κ2) is 6.35. The zero-order chi connectivity index (χ0) is 12.8. The number of pyridine rings is 1. The van der Waals surface area contributed by atoms with Gasteiger partial charge in [0.1, 0.15) is 0 Å². The van der Waals surface area contributed by atoms with E-state index in [0.29, 0.717) is 18.0 Å². The molecule has 0 aromatic carbocycles. The van der Waals surface area contributed by atoms with Crippen molar-refractivity contribution in [1.29, 1.82) is 0 Å². The van der Waals surface area contributed by atoms with Crippen LogP contribution in [0.15, 0.2) is 23.1 Å². The highest BCUT2D eigenvalue weighted by Crippen LogP contribution is 2.16. The maximum absolute atomic E-state index is 11.7. The Morgan fingerprint density at radius 3 is 3.06 bits per heavy atom. The SMILES string of the molecule is O=C(NCCC1CCCOC1)c1ccc(=O)[nH]c1. The van der Waals surface area contributed by atoms with Crippen LogP contribution in [0.2, 0.25) is 0 Å². The lowest BCUT2D eigenvalue weighted by molar-refractivity contribution is 0.0514. The van der Waals surface area contributed by atoms with Crippen molar-refractivity contribution in [2.45, 2.75) is 19.3 Å². The lowest BCUT2D eigenvalue weighted by Gasteiger charge is -2.21.